The molecule has 1 fully saturated rings. The van der Waals surface area contributed by atoms with Crippen LogP contribution in [-0.2, 0) is 14.8 Å². The molecule has 1 saturated heterocycles. The summed E-state index contributed by atoms with van der Waals surface area (Å²) in [5, 5.41) is 3.11. The zero-order valence-corrected chi connectivity index (χ0v) is 13.5. The number of piperazine rings is 1. The Labute approximate surface area is 130 Å². The van der Waals surface area contributed by atoms with Gasteiger partial charge in [-0.3, -0.25) is 4.79 Å². The van der Waals surface area contributed by atoms with E-state index in [1.54, 1.807) is 24.3 Å². The average molecular weight is 331 g/mol. The fourth-order valence-corrected chi connectivity index (χ4v) is 4.41. The van der Waals surface area contributed by atoms with Gasteiger partial charge >= 0.3 is 0 Å². The van der Waals surface area contributed by atoms with Crippen molar-refractivity contribution < 1.29 is 13.2 Å². The first-order valence-electron chi connectivity index (χ1n) is 6.99. The molecule has 1 atom stereocenters. The van der Waals surface area contributed by atoms with Crippen molar-refractivity contribution in [3.63, 3.8) is 0 Å². The molecule has 1 aliphatic rings. The predicted octanol–water partition coefficient (Wildman–Crippen LogP) is 1.94. The molecule has 0 radical (unpaired) electrons. The van der Waals surface area contributed by atoms with Crippen LogP contribution in [0.1, 0.15) is 31.4 Å². The zero-order valence-electron chi connectivity index (χ0n) is 11.9. The molecule has 116 valence electrons. The second-order valence-corrected chi connectivity index (χ2v) is 7.44. The number of benzene rings is 1. The number of amides is 1. The number of sulfonamides is 1. The first-order chi connectivity index (χ1) is 9.97. The third-order valence-electron chi connectivity index (χ3n) is 3.48. The van der Waals surface area contributed by atoms with Crippen LogP contribution in [-0.4, -0.2) is 37.5 Å². The minimum atomic E-state index is -3.48. The lowest BCUT2D eigenvalue weighted by Gasteiger charge is -2.34. The molecule has 0 aliphatic carbocycles. The minimum absolute atomic E-state index is 0.0533. The van der Waals surface area contributed by atoms with Gasteiger partial charge < -0.3 is 5.32 Å². The molecule has 1 N–H and O–H groups in total. The summed E-state index contributed by atoms with van der Waals surface area (Å²) in [7, 11) is -3.48. The van der Waals surface area contributed by atoms with Crippen LogP contribution in [0, 0.1) is 0 Å². The van der Waals surface area contributed by atoms with E-state index in [9.17, 15) is 13.2 Å². The summed E-state index contributed by atoms with van der Waals surface area (Å²) in [6.45, 7) is 2.53. The van der Waals surface area contributed by atoms with Gasteiger partial charge in [0.1, 0.15) is 6.04 Å². The van der Waals surface area contributed by atoms with Gasteiger partial charge in [-0.2, -0.15) is 4.31 Å². The van der Waals surface area contributed by atoms with Gasteiger partial charge in [-0.05, 0) is 18.1 Å². The van der Waals surface area contributed by atoms with E-state index in [1.807, 2.05) is 6.92 Å². The number of carbonyl (C=O) groups excluding carboxylic acids is 1. The molecule has 1 aliphatic heterocycles. The normalized spacial score (nSPS) is 20.3. The van der Waals surface area contributed by atoms with Crippen LogP contribution in [0.25, 0.3) is 0 Å². The largest absolute Gasteiger partial charge is 0.353 e. The van der Waals surface area contributed by atoms with Crippen LogP contribution in [0.2, 0.25) is 5.02 Å². The van der Waals surface area contributed by atoms with Crippen molar-refractivity contribution in [3.05, 3.63) is 34.9 Å². The first kappa shape index (κ1) is 16.3. The molecule has 1 aromatic carbocycles. The summed E-state index contributed by atoms with van der Waals surface area (Å²) in [4.78, 5) is 12.2. The van der Waals surface area contributed by atoms with E-state index in [-0.39, 0.29) is 18.2 Å². The molecule has 0 bridgehead atoms. The van der Waals surface area contributed by atoms with Crippen LogP contribution in [0.3, 0.4) is 0 Å². The van der Waals surface area contributed by atoms with Gasteiger partial charge in [-0.1, -0.05) is 43.1 Å². The van der Waals surface area contributed by atoms with Crippen molar-refractivity contribution in [1.29, 1.82) is 0 Å². The number of rotatable bonds is 5. The Morgan fingerprint density at radius 2 is 2.10 bits per heavy atom. The third-order valence-corrected chi connectivity index (χ3v) is 5.74. The molecule has 2 rings (SSSR count). The third kappa shape index (κ3) is 3.56. The molecule has 1 unspecified atom stereocenters. The second kappa shape index (κ2) is 6.77. The Kier molecular flexibility index (Phi) is 5.24. The van der Waals surface area contributed by atoms with Crippen LogP contribution < -0.4 is 5.32 Å². The Morgan fingerprint density at radius 3 is 2.76 bits per heavy atom. The highest BCUT2D eigenvalue weighted by molar-refractivity contribution is 7.89. The second-order valence-electron chi connectivity index (χ2n) is 5.00. The maximum absolute atomic E-state index is 12.5. The van der Waals surface area contributed by atoms with Crippen molar-refractivity contribution in [2.45, 2.75) is 25.8 Å². The molecule has 7 heteroatoms. The minimum Gasteiger partial charge on any atom is -0.353 e. The Balaban J connectivity index is 2.39. The summed E-state index contributed by atoms with van der Waals surface area (Å²) in [6.07, 6.45) is 1.37. The Morgan fingerprint density at radius 1 is 1.38 bits per heavy atom. The standard InChI is InChI=1S/C14H19ClN2O3S/c1-2-3-10-21(19,20)17-9-8-16-14(18)13(17)11-6-4-5-7-12(11)15/h4-7,13H,2-3,8-10H2,1H3,(H,16,18). The van der Waals surface area contributed by atoms with Crippen LogP contribution in [0.5, 0.6) is 0 Å². The number of hydrogen-bond donors (Lipinski definition) is 1. The van der Waals surface area contributed by atoms with E-state index in [1.165, 1.54) is 4.31 Å². The van der Waals surface area contributed by atoms with Crippen molar-refractivity contribution in [2.75, 3.05) is 18.8 Å². The number of nitrogens with zero attached hydrogens (tertiary/aromatic N) is 1. The zero-order chi connectivity index (χ0) is 15.5. The monoisotopic (exact) mass is 330 g/mol. The maximum Gasteiger partial charge on any atom is 0.243 e. The van der Waals surface area contributed by atoms with Gasteiger partial charge in [0, 0.05) is 18.1 Å². The number of nitrogens with one attached hydrogen (secondary N) is 1. The molecule has 0 spiro atoms. The first-order valence-corrected chi connectivity index (χ1v) is 8.97. The van der Waals surface area contributed by atoms with Crippen LogP contribution in [0.4, 0.5) is 0 Å². The van der Waals surface area contributed by atoms with E-state index in [0.29, 0.717) is 23.6 Å². The predicted molar refractivity (Wildman–Crippen MR) is 82.6 cm³/mol. The van der Waals surface area contributed by atoms with Crippen molar-refractivity contribution >= 4 is 27.5 Å². The van der Waals surface area contributed by atoms with Gasteiger partial charge in [0.2, 0.25) is 15.9 Å². The summed E-state index contributed by atoms with van der Waals surface area (Å²) in [5.74, 6) is -0.271. The summed E-state index contributed by atoms with van der Waals surface area (Å²) < 4.78 is 26.3. The number of halogens is 1. The molecular weight excluding hydrogens is 312 g/mol. The SMILES string of the molecule is CCCCS(=O)(=O)N1CCNC(=O)C1c1ccccc1Cl. The number of hydrogen-bond acceptors (Lipinski definition) is 3. The number of unbranched alkanes of at least 4 members (excludes halogenated alkanes) is 1. The lowest BCUT2D eigenvalue weighted by molar-refractivity contribution is -0.126. The van der Waals surface area contributed by atoms with Gasteiger partial charge in [0.25, 0.3) is 0 Å². The Hall–Kier alpha value is -1.11. The smallest absolute Gasteiger partial charge is 0.243 e. The lowest BCUT2D eigenvalue weighted by atomic mass is 10.0. The fourth-order valence-electron chi connectivity index (χ4n) is 2.38. The molecule has 1 amide bonds. The molecular formula is C14H19ClN2O3S. The van der Waals surface area contributed by atoms with Crippen LogP contribution >= 0.6 is 11.6 Å². The molecule has 0 saturated carbocycles. The highest BCUT2D eigenvalue weighted by Crippen LogP contribution is 2.31. The van der Waals surface area contributed by atoms with Crippen molar-refractivity contribution in [1.82, 2.24) is 9.62 Å². The van der Waals surface area contributed by atoms with Gasteiger partial charge in [0.15, 0.2) is 0 Å². The molecule has 21 heavy (non-hydrogen) atoms. The van der Waals surface area contributed by atoms with Crippen LogP contribution in [0.15, 0.2) is 24.3 Å². The molecule has 1 heterocycles. The molecule has 5 nitrogen and oxygen atoms in total. The fraction of sp³-hybridized carbons (Fsp3) is 0.500. The van der Waals surface area contributed by atoms with E-state index in [0.717, 1.165) is 6.42 Å². The van der Waals surface area contributed by atoms with Gasteiger partial charge in [0.05, 0.1) is 5.75 Å². The number of carbonyl (C=O) groups is 1. The summed E-state index contributed by atoms with van der Waals surface area (Å²) in [6, 6.07) is 5.98. The maximum atomic E-state index is 12.5. The average Bonchev–Trinajstić information content (AvgIpc) is 2.46. The highest BCUT2D eigenvalue weighted by atomic mass is 35.5. The van der Waals surface area contributed by atoms with Gasteiger partial charge in [-0.15, -0.1) is 0 Å². The van der Waals surface area contributed by atoms with E-state index in [4.69, 9.17) is 11.6 Å². The molecule has 1 aromatic rings. The molecule has 0 aromatic heterocycles. The van der Waals surface area contributed by atoms with E-state index >= 15 is 0 Å². The Bertz CT molecular complexity index is 618. The lowest BCUT2D eigenvalue weighted by Crippen LogP contribution is -2.52. The quantitative estimate of drug-likeness (QED) is 0.897. The summed E-state index contributed by atoms with van der Waals surface area (Å²) >= 11 is 6.14. The van der Waals surface area contributed by atoms with Crippen molar-refractivity contribution in [3.8, 4) is 0 Å². The topological polar surface area (TPSA) is 66.5 Å². The van der Waals surface area contributed by atoms with Crippen molar-refractivity contribution in [2.24, 2.45) is 0 Å². The van der Waals surface area contributed by atoms with Gasteiger partial charge in [-0.25, -0.2) is 8.42 Å². The summed E-state index contributed by atoms with van der Waals surface area (Å²) in [5.41, 5.74) is 0.524. The highest BCUT2D eigenvalue weighted by Gasteiger charge is 2.39. The van der Waals surface area contributed by atoms with E-state index < -0.39 is 16.1 Å². The van der Waals surface area contributed by atoms with E-state index in [2.05, 4.69) is 5.32 Å².